The van der Waals surface area contributed by atoms with Crippen LogP contribution in [0.2, 0.25) is 0 Å². The number of nitrogens with zero attached hydrogens (tertiary/aromatic N) is 4. The highest BCUT2D eigenvalue weighted by molar-refractivity contribution is 7.92. The minimum Gasteiger partial charge on any atom is -0.371 e. The zero-order chi connectivity index (χ0) is 26.2. The first-order valence-corrected chi connectivity index (χ1v) is 14.8. The largest absolute Gasteiger partial charge is 0.371 e. The number of hydrogen-bond acceptors (Lipinski definition) is 7. The molecule has 2 N–H and O–H groups in total. The second kappa shape index (κ2) is 10.1. The van der Waals surface area contributed by atoms with Gasteiger partial charge in [-0.25, -0.2) is 17.8 Å². The van der Waals surface area contributed by atoms with Gasteiger partial charge in [0.2, 0.25) is 16.0 Å². The summed E-state index contributed by atoms with van der Waals surface area (Å²) in [6.07, 6.45) is 4.76. The molecule has 3 fully saturated rings. The Morgan fingerprint density at radius 1 is 1.05 bits per heavy atom. The van der Waals surface area contributed by atoms with E-state index in [4.69, 9.17) is 0 Å². The van der Waals surface area contributed by atoms with Gasteiger partial charge in [-0.15, -0.1) is 0 Å². The van der Waals surface area contributed by atoms with Crippen LogP contribution in [0, 0.1) is 12.3 Å². The molecule has 37 heavy (non-hydrogen) atoms. The van der Waals surface area contributed by atoms with Crippen molar-refractivity contribution in [1.82, 2.24) is 9.97 Å². The van der Waals surface area contributed by atoms with Crippen LogP contribution in [0.3, 0.4) is 0 Å². The summed E-state index contributed by atoms with van der Waals surface area (Å²) in [5.74, 6) is 0.512. The number of piperidine rings is 2. The number of alkyl halides is 1. The van der Waals surface area contributed by atoms with Crippen molar-refractivity contribution in [2.75, 3.05) is 51.8 Å². The minimum atomic E-state index is -3.45. The monoisotopic (exact) mass is 530 g/mol. The van der Waals surface area contributed by atoms with Gasteiger partial charge in [0.25, 0.3) is 5.91 Å². The van der Waals surface area contributed by atoms with Crippen molar-refractivity contribution in [3.05, 3.63) is 35.5 Å². The Hall–Kier alpha value is -2.95. The van der Waals surface area contributed by atoms with Crippen LogP contribution in [0.25, 0.3) is 0 Å². The molecule has 0 radical (unpaired) electrons. The van der Waals surface area contributed by atoms with Crippen molar-refractivity contribution < 1.29 is 17.6 Å². The van der Waals surface area contributed by atoms with Crippen LogP contribution in [-0.2, 0) is 10.0 Å². The Morgan fingerprint density at radius 2 is 1.76 bits per heavy atom. The van der Waals surface area contributed by atoms with Crippen LogP contribution in [0.15, 0.2) is 24.3 Å². The standard InChI is InChI=1S/C26H35FN6O3S/c1-3-37(35,36)31-20-4-5-21(22(17-20)32-14-10-26(8-9-26)11-15-32)24(34)29-23-16-18(2)28-25(30-23)33-12-6-19(27)7-13-33/h4-5,16-17,19,31H,3,6-15H2,1-2H3,(H,28,29,30,34). The lowest BCUT2D eigenvalue weighted by Crippen LogP contribution is -2.36. The number of rotatable bonds is 7. The molecule has 3 heterocycles. The van der Waals surface area contributed by atoms with Gasteiger partial charge in [-0.1, -0.05) is 0 Å². The summed E-state index contributed by atoms with van der Waals surface area (Å²) in [4.78, 5) is 26.7. The van der Waals surface area contributed by atoms with E-state index in [9.17, 15) is 17.6 Å². The molecular formula is C26H35FN6O3S. The van der Waals surface area contributed by atoms with Gasteiger partial charge in [-0.2, -0.15) is 4.98 Å². The number of hydrogen-bond donors (Lipinski definition) is 2. The number of carbonyl (C=O) groups excluding carboxylic acids is 1. The van der Waals surface area contributed by atoms with Gasteiger partial charge in [-0.05, 0) is 76.0 Å². The lowest BCUT2D eigenvalue weighted by molar-refractivity contribution is 0.102. The average molecular weight is 531 g/mol. The molecule has 1 aromatic heterocycles. The predicted octanol–water partition coefficient (Wildman–Crippen LogP) is 4.12. The molecule has 1 amide bonds. The van der Waals surface area contributed by atoms with Crippen molar-refractivity contribution in [2.45, 2.75) is 58.5 Å². The second-order valence-electron chi connectivity index (χ2n) is 10.5. The van der Waals surface area contributed by atoms with E-state index < -0.39 is 16.2 Å². The molecule has 5 rings (SSSR count). The number of sulfonamides is 1. The number of anilines is 4. The highest BCUT2D eigenvalue weighted by Gasteiger charge is 2.44. The summed E-state index contributed by atoms with van der Waals surface area (Å²) in [7, 11) is -3.45. The molecule has 200 valence electrons. The molecule has 1 spiro atoms. The number of aryl methyl sites for hydroxylation is 1. The molecule has 1 aliphatic carbocycles. The fourth-order valence-corrected chi connectivity index (χ4v) is 5.82. The Kier molecular flexibility index (Phi) is 6.99. The van der Waals surface area contributed by atoms with E-state index in [0.717, 1.165) is 25.9 Å². The first-order chi connectivity index (χ1) is 17.7. The predicted molar refractivity (Wildman–Crippen MR) is 144 cm³/mol. The number of benzene rings is 1. The average Bonchev–Trinajstić information content (AvgIpc) is 3.63. The third-order valence-electron chi connectivity index (χ3n) is 7.81. The van der Waals surface area contributed by atoms with E-state index in [0.29, 0.717) is 65.7 Å². The molecule has 9 nitrogen and oxygen atoms in total. The Balaban J connectivity index is 1.40. The zero-order valence-corrected chi connectivity index (χ0v) is 22.3. The Labute approximate surface area is 217 Å². The quantitative estimate of drug-likeness (QED) is 0.555. The van der Waals surface area contributed by atoms with Gasteiger partial charge in [0.05, 0.1) is 22.7 Å². The second-order valence-corrected chi connectivity index (χ2v) is 12.5. The molecular weight excluding hydrogens is 495 g/mol. The molecule has 2 aliphatic heterocycles. The van der Waals surface area contributed by atoms with Crippen molar-refractivity contribution in [3.63, 3.8) is 0 Å². The number of amides is 1. The summed E-state index contributed by atoms with van der Waals surface area (Å²) < 4.78 is 40.6. The van der Waals surface area contributed by atoms with Crippen molar-refractivity contribution >= 4 is 39.1 Å². The SMILES string of the molecule is CCS(=O)(=O)Nc1ccc(C(=O)Nc2cc(C)nc(N3CCC(F)CC3)n2)c(N2CCC3(CC2)CC3)c1. The summed E-state index contributed by atoms with van der Waals surface area (Å²) in [5.41, 5.74) is 2.78. The van der Waals surface area contributed by atoms with Gasteiger partial charge >= 0.3 is 0 Å². The fourth-order valence-electron chi connectivity index (χ4n) is 5.19. The van der Waals surface area contributed by atoms with E-state index in [1.54, 1.807) is 31.2 Å². The van der Waals surface area contributed by atoms with Crippen LogP contribution >= 0.6 is 0 Å². The topological polar surface area (TPSA) is 108 Å². The van der Waals surface area contributed by atoms with Crippen molar-refractivity contribution in [2.24, 2.45) is 5.41 Å². The molecule has 3 aliphatic rings. The summed E-state index contributed by atoms with van der Waals surface area (Å²) >= 11 is 0. The van der Waals surface area contributed by atoms with E-state index >= 15 is 0 Å². The number of halogens is 1. The van der Waals surface area contributed by atoms with Crippen LogP contribution in [0.4, 0.5) is 27.5 Å². The van der Waals surface area contributed by atoms with Gasteiger partial charge in [0.15, 0.2) is 0 Å². The number of nitrogens with one attached hydrogen (secondary N) is 2. The zero-order valence-electron chi connectivity index (χ0n) is 21.5. The maximum Gasteiger partial charge on any atom is 0.258 e. The molecule has 0 bridgehead atoms. The van der Waals surface area contributed by atoms with Gasteiger partial charge in [0, 0.05) is 37.9 Å². The number of aromatic nitrogens is 2. The molecule has 0 unspecified atom stereocenters. The highest BCUT2D eigenvalue weighted by Crippen LogP contribution is 2.54. The first-order valence-electron chi connectivity index (χ1n) is 13.1. The van der Waals surface area contributed by atoms with Crippen molar-refractivity contribution in [1.29, 1.82) is 0 Å². The van der Waals surface area contributed by atoms with Crippen LogP contribution in [-0.4, -0.2) is 62.4 Å². The van der Waals surface area contributed by atoms with Gasteiger partial charge in [0.1, 0.15) is 12.0 Å². The fraction of sp³-hybridized carbons (Fsp3) is 0.577. The lowest BCUT2D eigenvalue weighted by Gasteiger charge is -2.35. The first kappa shape index (κ1) is 25.7. The third kappa shape index (κ3) is 5.97. The summed E-state index contributed by atoms with van der Waals surface area (Å²) in [5, 5.41) is 2.92. The van der Waals surface area contributed by atoms with E-state index in [1.807, 2.05) is 11.8 Å². The van der Waals surface area contributed by atoms with E-state index in [-0.39, 0.29) is 11.7 Å². The lowest BCUT2D eigenvalue weighted by atomic mass is 9.93. The maximum absolute atomic E-state index is 13.6. The van der Waals surface area contributed by atoms with Gasteiger partial charge in [-0.3, -0.25) is 9.52 Å². The van der Waals surface area contributed by atoms with Gasteiger partial charge < -0.3 is 15.1 Å². The van der Waals surface area contributed by atoms with Crippen LogP contribution in [0.5, 0.6) is 0 Å². The summed E-state index contributed by atoms with van der Waals surface area (Å²) in [6, 6.07) is 6.76. The van der Waals surface area contributed by atoms with E-state index in [2.05, 4.69) is 24.9 Å². The van der Waals surface area contributed by atoms with Crippen LogP contribution < -0.4 is 19.8 Å². The summed E-state index contributed by atoms with van der Waals surface area (Å²) in [6.45, 7) is 6.14. The smallest absolute Gasteiger partial charge is 0.258 e. The molecule has 1 aromatic carbocycles. The van der Waals surface area contributed by atoms with Crippen molar-refractivity contribution in [3.8, 4) is 0 Å². The molecule has 0 atom stereocenters. The number of carbonyl (C=O) groups is 1. The highest BCUT2D eigenvalue weighted by atomic mass is 32.2. The Bertz CT molecular complexity index is 1270. The molecule has 11 heteroatoms. The molecule has 2 saturated heterocycles. The normalized spacial score (nSPS) is 19.6. The van der Waals surface area contributed by atoms with Crippen LogP contribution in [0.1, 0.15) is 61.5 Å². The van der Waals surface area contributed by atoms with E-state index in [1.165, 1.54) is 12.8 Å². The Morgan fingerprint density at radius 3 is 2.41 bits per heavy atom. The third-order valence-corrected chi connectivity index (χ3v) is 9.12. The molecule has 1 saturated carbocycles. The minimum absolute atomic E-state index is 0.0325. The molecule has 2 aromatic rings. The maximum atomic E-state index is 13.6.